The number of hydrogen-bond donors (Lipinski definition) is 1. The minimum absolute atomic E-state index is 0.0332. The highest BCUT2D eigenvalue weighted by Crippen LogP contribution is 2.30. The van der Waals surface area contributed by atoms with Crippen molar-refractivity contribution < 1.29 is 13.5 Å². The van der Waals surface area contributed by atoms with Crippen molar-refractivity contribution in [3.8, 4) is 0 Å². The van der Waals surface area contributed by atoms with Crippen LogP contribution >= 0.6 is 0 Å². The van der Waals surface area contributed by atoms with Crippen LogP contribution in [-0.4, -0.2) is 34.5 Å². The summed E-state index contributed by atoms with van der Waals surface area (Å²) in [6, 6.07) is 1.68. The van der Waals surface area contributed by atoms with Gasteiger partial charge in [0.25, 0.3) is 0 Å². The van der Waals surface area contributed by atoms with Crippen molar-refractivity contribution in [2.75, 3.05) is 0 Å². The number of rotatable bonds is 5. The van der Waals surface area contributed by atoms with Crippen LogP contribution in [0.1, 0.15) is 52.1 Å². The van der Waals surface area contributed by atoms with E-state index in [-0.39, 0.29) is 18.7 Å². The second-order valence-electron chi connectivity index (χ2n) is 5.98. The highest BCUT2D eigenvalue weighted by atomic mass is 32.2. The zero-order valence-corrected chi connectivity index (χ0v) is 13.9. The molecule has 2 heterocycles. The minimum Gasteiger partial charge on any atom is -0.390 e. The van der Waals surface area contributed by atoms with E-state index in [4.69, 9.17) is 0 Å². The third-order valence-corrected chi connectivity index (χ3v) is 6.37. The molecule has 0 aromatic carbocycles. The molecule has 5 nitrogen and oxygen atoms in total. The van der Waals surface area contributed by atoms with E-state index in [0.29, 0.717) is 10.6 Å². The van der Waals surface area contributed by atoms with Crippen molar-refractivity contribution in [2.24, 2.45) is 0 Å². The summed E-state index contributed by atoms with van der Waals surface area (Å²) in [4.78, 5) is 0.306. The normalized spacial score (nSPS) is 24.4. The largest absolute Gasteiger partial charge is 0.390 e. The Hall–Kier alpha value is -0.850. The molecule has 1 aromatic heterocycles. The fourth-order valence-electron chi connectivity index (χ4n) is 3.24. The molecule has 2 atom stereocenters. The molecule has 0 saturated carbocycles. The lowest BCUT2D eigenvalue weighted by molar-refractivity contribution is 0.204. The first-order valence-electron chi connectivity index (χ1n) is 7.75. The van der Waals surface area contributed by atoms with E-state index in [0.717, 1.165) is 32.2 Å². The number of aliphatic hydroxyl groups excluding tert-OH is 1. The van der Waals surface area contributed by atoms with Crippen LogP contribution in [0.15, 0.2) is 17.2 Å². The molecule has 0 bridgehead atoms. The Balaban J connectivity index is 2.38. The lowest BCUT2D eigenvalue weighted by Crippen LogP contribution is -2.47. The fraction of sp³-hybridized carbons (Fsp3) is 0.733. The van der Waals surface area contributed by atoms with Crippen LogP contribution in [0.4, 0.5) is 0 Å². The summed E-state index contributed by atoms with van der Waals surface area (Å²) in [6.45, 7) is 6.56. The molecule has 2 rings (SSSR count). The van der Waals surface area contributed by atoms with Crippen LogP contribution in [0.3, 0.4) is 0 Å². The summed E-state index contributed by atoms with van der Waals surface area (Å²) in [5.74, 6) is 0. The molecule has 1 aromatic rings. The van der Waals surface area contributed by atoms with E-state index in [1.807, 2.05) is 25.3 Å². The van der Waals surface area contributed by atoms with E-state index < -0.39 is 10.0 Å². The summed E-state index contributed by atoms with van der Waals surface area (Å²) >= 11 is 0. The molecular weight excluding hydrogens is 288 g/mol. The number of aliphatic hydroxyl groups is 1. The Bertz CT molecular complexity index is 570. The van der Waals surface area contributed by atoms with Crippen LogP contribution in [0.25, 0.3) is 0 Å². The van der Waals surface area contributed by atoms with Gasteiger partial charge in [0, 0.05) is 30.5 Å². The summed E-state index contributed by atoms with van der Waals surface area (Å²) in [5.41, 5.74) is 0.660. The van der Waals surface area contributed by atoms with Gasteiger partial charge in [0.2, 0.25) is 10.0 Å². The van der Waals surface area contributed by atoms with Crippen LogP contribution in [0.2, 0.25) is 0 Å². The maximum Gasteiger partial charge on any atom is 0.245 e. The predicted octanol–water partition coefficient (Wildman–Crippen LogP) is 2.34. The van der Waals surface area contributed by atoms with Gasteiger partial charge in [-0.25, -0.2) is 8.42 Å². The average molecular weight is 314 g/mol. The molecule has 1 aliphatic rings. The lowest BCUT2D eigenvalue weighted by atomic mass is 10.0. The molecule has 0 amide bonds. The minimum atomic E-state index is -3.49. The number of aryl methyl sites for hydroxylation is 1. The lowest BCUT2D eigenvalue weighted by Gasteiger charge is -2.37. The molecule has 0 radical (unpaired) electrons. The SMILES string of the molecule is CCCn1cc(S(=O)(=O)N2C(C)CCCC2C)cc1CO. The van der Waals surface area contributed by atoms with Crippen LogP contribution < -0.4 is 0 Å². The van der Waals surface area contributed by atoms with E-state index in [1.165, 1.54) is 0 Å². The van der Waals surface area contributed by atoms with Gasteiger partial charge < -0.3 is 9.67 Å². The van der Waals surface area contributed by atoms with Gasteiger partial charge in [0.05, 0.1) is 6.61 Å². The van der Waals surface area contributed by atoms with Crippen molar-refractivity contribution in [2.45, 2.75) is 76.6 Å². The first-order chi connectivity index (χ1) is 9.91. The second kappa shape index (κ2) is 6.50. The Morgan fingerprint density at radius 3 is 2.43 bits per heavy atom. The molecule has 6 heteroatoms. The van der Waals surface area contributed by atoms with Gasteiger partial charge in [-0.2, -0.15) is 4.31 Å². The molecule has 1 N–H and O–H groups in total. The molecule has 21 heavy (non-hydrogen) atoms. The van der Waals surface area contributed by atoms with E-state index in [1.54, 1.807) is 16.6 Å². The third-order valence-electron chi connectivity index (χ3n) is 4.28. The van der Waals surface area contributed by atoms with Gasteiger partial charge in [0.1, 0.15) is 4.90 Å². The average Bonchev–Trinajstić information content (AvgIpc) is 2.82. The number of sulfonamides is 1. The fourth-order valence-corrected chi connectivity index (χ4v) is 5.19. The van der Waals surface area contributed by atoms with Gasteiger partial charge in [-0.1, -0.05) is 13.3 Å². The Morgan fingerprint density at radius 1 is 1.29 bits per heavy atom. The Kier molecular flexibility index (Phi) is 5.11. The van der Waals surface area contributed by atoms with Crippen molar-refractivity contribution in [3.63, 3.8) is 0 Å². The highest BCUT2D eigenvalue weighted by Gasteiger charge is 2.36. The summed E-state index contributed by atoms with van der Waals surface area (Å²) in [5, 5.41) is 9.41. The van der Waals surface area contributed by atoms with Crippen molar-refractivity contribution >= 4 is 10.0 Å². The summed E-state index contributed by atoms with van der Waals surface area (Å²) < 4.78 is 29.3. The Labute approximate surface area is 127 Å². The molecule has 120 valence electrons. The van der Waals surface area contributed by atoms with E-state index in [9.17, 15) is 13.5 Å². The quantitative estimate of drug-likeness (QED) is 0.907. The van der Waals surface area contributed by atoms with Crippen LogP contribution in [-0.2, 0) is 23.2 Å². The van der Waals surface area contributed by atoms with Gasteiger partial charge in [0.15, 0.2) is 0 Å². The number of piperidine rings is 1. The number of aromatic nitrogens is 1. The van der Waals surface area contributed by atoms with E-state index in [2.05, 4.69) is 0 Å². The van der Waals surface area contributed by atoms with Gasteiger partial charge in [-0.3, -0.25) is 0 Å². The zero-order chi connectivity index (χ0) is 15.6. The van der Waals surface area contributed by atoms with Gasteiger partial charge in [-0.15, -0.1) is 0 Å². The van der Waals surface area contributed by atoms with E-state index >= 15 is 0 Å². The topological polar surface area (TPSA) is 62.5 Å². The Morgan fingerprint density at radius 2 is 1.90 bits per heavy atom. The molecule has 2 unspecified atom stereocenters. The maximum atomic E-state index is 12.9. The first kappa shape index (κ1) is 16.5. The number of hydrogen-bond acceptors (Lipinski definition) is 3. The van der Waals surface area contributed by atoms with Crippen molar-refractivity contribution in [1.29, 1.82) is 0 Å². The number of nitrogens with zero attached hydrogens (tertiary/aromatic N) is 2. The highest BCUT2D eigenvalue weighted by molar-refractivity contribution is 7.89. The van der Waals surface area contributed by atoms with Crippen molar-refractivity contribution in [3.05, 3.63) is 18.0 Å². The van der Waals surface area contributed by atoms with Crippen LogP contribution in [0.5, 0.6) is 0 Å². The van der Waals surface area contributed by atoms with Crippen LogP contribution in [0, 0.1) is 0 Å². The third kappa shape index (κ3) is 3.17. The zero-order valence-electron chi connectivity index (χ0n) is 13.1. The summed E-state index contributed by atoms with van der Waals surface area (Å²) in [7, 11) is -3.49. The molecule has 1 fully saturated rings. The standard InChI is InChI=1S/C15H26N2O3S/c1-4-8-16-10-15(9-14(16)11-18)21(19,20)17-12(2)6-5-7-13(17)3/h9-10,12-13,18H,4-8,11H2,1-3H3. The summed E-state index contributed by atoms with van der Waals surface area (Å²) in [6.07, 6.45) is 5.46. The van der Waals surface area contributed by atoms with Crippen molar-refractivity contribution in [1.82, 2.24) is 8.87 Å². The second-order valence-corrected chi connectivity index (χ2v) is 7.83. The first-order valence-corrected chi connectivity index (χ1v) is 9.19. The smallest absolute Gasteiger partial charge is 0.245 e. The molecule has 0 spiro atoms. The van der Waals surface area contributed by atoms with Gasteiger partial charge in [-0.05, 0) is 39.2 Å². The predicted molar refractivity (Wildman–Crippen MR) is 82.4 cm³/mol. The monoisotopic (exact) mass is 314 g/mol. The molecule has 0 aliphatic carbocycles. The van der Waals surface area contributed by atoms with Gasteiger partial charge >= 0.3 is 0 Å². The maximum absolute atomic E-state index is 12.9. The molecule has 1 saturated heterocycles. The molecule has 1 aliphatic heterocycles. The molecular formula is C15H26N2O3S.